The number of rotatable bonds is 1. The monoisotopic (exact) mass is 197 g/mol. The van der Waals surface area contributed by atoms with E-state index in [4.69, 9.17) is 5.26 Å². The van der Waals surface area contributed by atoms with Gasteiger partial charge in [0.2, 0.25) is 0 Å². The predicted molar refractivity (Wildman–Crippen MR) is 57.3 cm³/mol. The molecule has 0 aromatic rings. The van der Waals surface area contributed by atoms with Crippen LogP contribution in [-0.4, -0.2) is 5.75 Å². The molecule has 0 saturated heterocycles. The summed E-state index contributed by atoms with van der Waals surface area (Å²) in [4.78, 5) is 0.896. The molecule has 0 radical (unpaired) electrons. The number of nitriles is 1. The Labute approximate surface area is 84.0 Å². The molecule has 64 valence electrons. The molecule has 0 N–H and O–H groups in total. The molecule has 0 aromatic heterocycles. The van der Waals surface area contributed by atoms with Crippen LogP contribution in [0.5, 0.6) is 0 Å². The minimum Gasteiger partial charge on any atom is -0.192 e. The van der Waals surface area contributed by atoms with Gasteiger partial charge in [0, 0.05) is 10.8 Å². The lowest BCUT2D eigenvalue weighted by Gasteiger charge is -2.19. The van der Waals surface area contributed by atoms with Gasteiger partial charge in [-0.3, -0.25) is 0 Å². The maximum atomic E-state index is 8.82. The van der Waals surface area contributed by atoms with E-state index in [2.05, 4.69) is 37.4 Å². The molecule has 1 unspecified atom stereocenters. The summed E-state index contributed by atoms with van der Waals surface area (Å²) in [6.07, 6.45) is 3.04. The SMILES string of the molecule is CC1=CCC(CS)C(S)=C1C#N. The summed E-state index contributed by atoms with van der Waals surface area (Å²) in [7, 11) is 0. The molecular formula is C9H11NS2. The number of nitrogens with zero attached hydrogens (tertiary/aromatic N) is 1. The molecule has 1 aliphatic carbocycles. The highest BCUT2D eigenvalue weighted by Crippen LogP contribution is 2.32. The number of hydrogen-bond donors (Lipinski definition) is 2. The lowest BCUT2D eigenvalue weighted by Crippen LogP contribution is -2.08. The summed E-state index contributed by atoms with van der Waals surface area (Å²) >= 11 is 8.55. The zero-order valence-electron chi connectivity index (χ0n) is 6.91. The molecule has 0 amide bonds. The second-order valence-electron chi connectivity index (χ2n) is 2.87. The van der Waals surface area contributed by atoms with E-state index in [-0.39, 0.29) is 0 Å². The first-order valence-corrected chi connectivity index (χ1v) is 4.90. The van der Waals surface area contributed by atoms with E-state index in [9.17, 15) is 0 Å². The van der Waals surface area contributed by atoms with E-state index in [0.29, 0.717) is 5.92 Å². The van der Waals surface area contributed by atoms with Crippen molar-refractivity contribution in [2.75, 3.05) is 5.75 Å². The van der Waals surface area contributed by atoms with Gasteiger partial charge in [-0.2, -0.15) is 17.9 Å². The van der Waals surface area contributed by atoms with Crippen molar-refractivity contribution in [3.8, 4) is 6.07 Å². The van der Waals surface area contributed by atoms with Gasteiger partial charge in [0.25, 0.3) is 0 Å². The average Bonchev–Trinajstić information content (AvgIpc) is 2.06. The summed E-state index contributed by atoms with van der Waals surface area (Å²) in [5, 5.41) is 8.82. The highest BCUT2D eigenvalue weighted by molar-refractivity contribution is 7.84. The van der Waals surface area contributed by atoms with Gasteiger partial charge in [0.1, 0.15) is 6.07 Å². The molecule has 0 aromatic carbocycles. The molecule has 0 bridgehead atoms. The van der Waals surface area contributed by atoms with Crippen molar-refractivity contribution in [3.63, 3.8) is 0 Å². The zero-order chi connectivity index (χ0) is 9.14. The maximum Gasteiger partial charge on any atom is 0.100 e. The smallest absolute Gasteiger partial charge is 0.100 e. The molecule has 0 heterocycles. The minimum absolute atomic E-state index is 0.329. The van der Waals surface area contributed by atoms with Gasteiger partial charge in [-0.25, -0.2) is 0 Å². The minimum atomic E-state index is 0.329. The van der Waals surface area contributed by atoms with E-state index in [1.807, 2.05) is 6.92 Å². The van der Waals surface area contributed by atoms with Gasteiger partial charge in [-0.05, 0) is 24.7 Å². The van der Waals surface area contributed by atoms with Crippen molar-refractivity contribution in [1.29, 1.82) is 5.26 Å². The summed E-state index contributed by atoms with van der Waals surface area (Å²) in [6.45, 7) is 1.95. The lowest BCUT2D eigenvalue weighted by molar-refractivity contribution is 0.728. The fraction of sp³-hybridized carbons (Fsp3) is 0.444. The molecule has 12 heavy (non-hydrogen) atoms. The highest BCUT2D eigenvalue weighted by Gasteiger charge is 2.18. The fourth-order valence-corrected chi connectivity index (χ4v) is 2.14. The van der Waals surface area contributed by atoms with Crippen LogP contribution < -0.4 is 0 Å². The van der Waals surface area contributed by atoms with Gasteiger partial charge < -0.3 is 0 Å². The van der Waals surface area contributed by atoms with E-state index >= 15 is 0 Å². The van der Waals surface area contributed by atoms with E-state index in [0.717, 1.165) is 28.2 Å². The van der Waals surface area contributed by atoms with Crippen molar-refractivity contribution in [2.24, 2.45) is 5.92 Å². The Balaban J connectivity index is 3.02. The van der Waals surface area contributed by atoms with Crippen LogP contribution in [0.3, 0.4) is 0 Å². The average molecular weight is 197 g/mol. The zero-order valence-corrected chi connectivity index (χ0v) is 8.70. The molecule has 1 nitrogen and oxygen atoms in total. The van der Waals surface area contributed by atoms with Gasteiger partial charge in [-0.1, -0.05) is 6.08 Å². The number of hydrogen-bond acceptors (Lipinski definition) is 3. The molecule has 3 heteroatoms. The van der Waals surface area contributed by atoms with Crippen LogP contribution in [0.4, 0.5) is 0 Å². The summed E-state index contributed by atoms with van der Waals surface area (Å²) < 4.78 is 0. The maximum absolute atomic E-state index is 8.82. The Morgan fingerprint density at radius 1 is 1.75 bits per heavy atom. The quantitative estimate of drug-likeness (QED) is 0.620. The predicted octanol–water partition coefficient (Wildman–Crippen LogP) is 2.59. The summed E-state index contributed by atoms with van der Waals surface area (Å²) in [5.41, 5.74) is 1.77. The van der Waals surface area contributed by atoms with E-state index in [1.54, 1.807) is 0 Å². The van der Waals surface area contributed by atoms with Crippen LogP contribution in [0.15, 0.2) is 22.1 Å². The molecule has 1 atom stereocenters. The first kappa shape index (κ1) is 9.76. The van der Waals surface area contributed by atoms with Crippen molar-refractivity contribution in [2.45, 2.75) is 13.3 Å². The number of thiol groups is 2. The van der Waals surface area contributed by atoms with Crippen LogP contribution in [-0.2, 0) is 0 Å². The Bertz CT molecular complexity index is 283. The molecule has 1 rings (SSSR count). The Kier molecular flexibility index (Phi) is 3.30. The van der Waals surface area contributed by atoms with Crippen LogP contribution in [0.1, 0.15) is 13.3 Å². The Hall–Kier alpha value is -0.330. The van der Waals surface area contributed by atoms with Crippen molar-refractivity contribution < 1.29 is 0 Å². The van der Waals surface area contributed by atoms with Gasteiger partial charge >= 0.3 is 0 Å². The van der Waals surface area contributed by atoms with Crippen LogP contribution in [0, 0.1) is 17.2 Å². The molecule has 0 spiro atoms. The normalized spacial score (nSPS) is 23.5. The first-order valence-electron chi connectivity index (χ1n) is 3.82. The highest BCUT2D eigenvalue weighted by atomic mass is 32.1. The summed E-state index contributed by atoms with van der Waals surface area (Å²) in [6, 6.07) is 2.17. The number of allylic oxidation sites excluding steroid dienone is 4. The second kappa shape index (κ2) is 4.06. The van der Waals surface area contributed by atoms with Crippen LogP contribution in [0.25, 0.3) is 0 Å². The van der Waals surface area contributed by atoms with Crippen molar-refractivity contribution >= 4 is 25.3 Å². The standard InChI is InChI=1S/C9H11NS2/c1-6-2-3-7(5-11)9(12)8(6)4-10/h2,7,11-12H,3,5H2,1H3. The van der Waals surface area contributed by atoms with Crippen molar-refractivity contribution in [3.05, 3.63) is 22.1 Å². The third-order valence-corrected chi connectivity index (χ3v) is 3.11. The molecule has 0 fully saturated rings. The van der Waals surface area contributed by atoms with Gasteiger partial charge in [-0.15, -0.1) is 12.6 Å². The second-order valence-corrected chi connectivity index (χ2v) is 3.72. The summed E-state index contributed by atoms with van der Waals surface area (Å²) in [5.74, 6) is 1.09. The van der Waals surface area contributed by atoms with Gasteiger partial charge in [0.05, 0.1) is 5.57 Å². The molecular weight excluding hydrogens is 186 g/mol. The van der Waals surface area contributed by atoms with Gasteiger partial charge in [0.15, 0.2) is 0 Å². The molecule has 1 aliphatic rings. The van der Waals surface area contributed by atoms with Crippen LogP contribution in [0.2, 0.25) is 0 Å². The topological polar surface area (TPSA) is 23.8 Å². The molecule has 0 saturated carbocycles. The fourth-order valence-electron chi connectivity index (χ4n) is 1.25. The van der Waals surface area contributed by atoms with Crippen LogP contribution >= 0.6 is 25.3 Å². The Morgan fingerprint density at radius 2 is 2.42 bits per heavy atom. The Morgan fingerprint density at radius 3 is 2.92 bits per heavy atom. The lowest BCUT2D eigenvalue weighted by atomic mass is 9.93. The van der Waals surface area contributed by atoms with Crippen molar-refractivity contribution in [1.82, 2.24) is 0 Å². The van der Waals surface area contributed by atoms with E-state index in [1.165, 1.54) is 0 Å². The molecule has 0 aliphatic heterocycles. The third-order valence-electron chi connectivity index (χ3n) is 2.08. The van der Waals surface area contributed by atoms with E-state index < -0.39 is 0 Å². The largest absolute Gasteiger partial charge is 0.192 e. The first-order chi connectivity index (χ1) is 5.70. The third kappa shape index (κ3) is 1.70.